The predicted octanol–water partition coefficient (Wildman–Crippen LogP) is 2.90. The molecule has 0 spiro atoms. The van der Waals surface area contributed by atoms with E-state index in [9.17, 15) is 0 Å². The molecule has 1 aromatic heterocycles. The Labute approximate surface area is 125 Å². The lowest BCUT2D eigenvalue weighted by atomic mass is 10.1. The highest BCUT2D eigenvalue weighted by atomic mass is 35.5. The number of halogens is 1. The van der Waals surface area contributed by atoms with Crippen LogP contribution in [0.4, 0.5) is 5.69 Å². The van der Waals surface area contributed by atoms with Gasteiger partial charge in [-0.25, -0.2) is 0 Å². The first kappa shape index (κ1) is 13.7. The lowest BCUT2D eigenvalue weighted by Crippen LogP contribution is -2.47. The van der Waals surface area contributed by atoms with E-state index >= 15 is 0 Å². The van der Waals surface area contributed by atoms with Gasteiger partial charge < -0.3 is 4.90 Å². The smallest absolute Gasteiger partial charge is 0.0726 e. The summed E-state index contributed by atoms with van der Waals surface area (Å²) in [6.07, 6.45) is 0. The lowest BCUT2D eigenvalue weighted by Gasteiger charge is -2.36. The van der Waals surface area contributed by atoms with Crippen LogP contribution in [0, 0.1) is 6.92 Å². The molecule has 106 valence electrons. The maximum absolute atomic E-state index is 5.82. The molecular weight excluding hydrogens is 270 g/mol. The van der Waals surface area contributed by atoms with Gasteiger partial charge in [-0.05, 0) is 19.1 Å². The molecular formula is C16H20ClN3. The number of anilines is 1. The summed E-state index contributed by atoms with van der Waals surface area (Å²) >= 11 is 5.82. The first-order chi connectivity index (χ1) is 9.78. The zero-order chi connectivity index (χ0) is 13.9. The van der Waals surface area contributed by atoms with E-state index in [1.54, 1.807) is 0 Å². The molecule has 1 fully saturated rings. The van der Waals surface area contributed by atoms with E-state index in [-0.39, 0.29) is 0 Å². The number of aromatic nitrogens is 1. The number of alkyl halides is 1. The molecule has 0 saturated carbocycles. The number of piperazine rings is 1. The summed E-state index contributed by atoms with van der Waals surface area (Å²) in [5.41, 5.74) is 3.49. The number of hydrogen-bond donors (Lipinski definition) is 0. The number of rotatable bonds is 3. The molecule has 1 saturated heterocycles. The van der Waals surface area contributed by atoms with Gasteiger partial charge in [0, 0.05) is 55.4 Å². The van der Waals surface area contributed by atoms with Gasteiger partial charge in [-0.2, -0.15) is 0 Å². The Hall–Kier alpha value is -1.32. The Balaban J connectivity index is 1.87. The van der Waals surface area contributed by atoms with Crippen molar-refractivity contribution in [2.75, 3.05) is 43.5 Å². The zero-order valence-corrected chi connectivity index (χ0v) is 12.6. The second-order valence-electron chi connectivity index (χ2n) is 5.32. The van der Waals surface area contributed by atoms with Crippen LogP contribution in [0.2, 0.25) is 0 Å². The van der Waals surface area contributed by atoms with Gasteiger partial charge in [-0.1, -0.05) is 18.2 Å². The third-order valence-corrected chi connectivity index (χ3v) is 4.11. The van der Waals surface area contributed by atoms with Crippen molar-refractivity contribution in [3.8, 4) is 0 Å². The van der Waals surface area contributed by atoms with Gasteiger partial charge in [0.15, 0.2) is 0 Å². The number of pyridine rings is 1. The van der Waals surface area contributed by atoms with Gasteiger partial charge in [0.05, 0.1) is 5.52 Å². The molecule has 2 heterocycles. The summed E-state index contributed by atoms with van der Waals surface area (Å²) < 4.78 is 0. The van der Waals surface area contributed by atoms with E-state index in [2.05, 4.69) is 52.0 Å². The summed E-state index contributed by atoms with van der Waals surface area (Å²) in [6, 6.07) is 10.6. The molecule has 1 aromatic carbocycles. The number of benzene rings is 1. The van der Waals surface area contributed by atoms with Crippen LogP contribution in [0.15, 0.2) is 30.3 Å². The third-order valence-electron chi connectivity index (χ3n) is 3.94. The maximum atomic E-state index is 5.82. The number of fused-ring (bicyclic) bond motifs is 1. The van der Waals surface area contributed by atoms with Crippen molar-refractivity contribution in [1.82, 2.24) is 9.88 Å². The van der Waals surface area contributed by atoms with Crippen molar-refractivity contribution in [3.05, 3.63) is 36.0 Å². The van der Waals surface area contributed by atoms with Gasteiger partial charge in [-0.15, -0.1) is 11.6 Å². The van der Waals surface area contributed by atoms with Gasteiger partial charge in [-0.3, -0.25) is 9.88 Å². The molecule has 3 rings (SSSR count). The van der Waals surface area contributed by atoms with E-state index < -0.39 is 0 Å². The molecule has 0 N–H and O–H groups in total. The largest absolute Gasteiger partial charge is 0.368 e. The molecule has 0 radical (unpaired) electrons. The minimum absolute atomic E-state index is 0.720. The Bertz CT molecular complexity index is 591. The van der Waals surface area contributed by atoms with Crippen LogP contribution >= 0.6 is 11.6 Å². The molecule has 0 atom stereocenters. The fourth-order valence-corrected chi connectivity index (χ4v) is 3.12. The SMILES string of the molecule is Cc1cc(N2CCN(CCCl)CC2)c2ccccc2n1. The topological polar surface area (TPSA) is 19.4 Å². The molecule has 1 aliphatic heterocycles. The van der Waals surface area contributed by atoms with E-state index in [1.165, 1.54) is 11.1 Å². The highest BCUT2D eigenvalue weighted by molar-refractivity contribution is 6.18. The van der Waals surface area contributed by atoms with E-state index in [0.717, 1.165) is 49.8 Å². The number of hydrogen-bond acceptors (Lipinski definition) is 3. The first-order valence-corrected chi connectivity index (χ1v) is 7.71. The monoisotopic (exact) mass is 289 g/mol. The lowest BCUT2D eigenvalue weighted by molar-refractivity contribution is 0.273. The molecule has 0 unspecified atom stereocenters. The Morgan fingerprint density at radius 3 is 2.65 bits per heavy atom. The number of para-hydroxylation sites is 1. The highest BCUT2D eigenvalue weighted by Crippen LogP contribution is 2.27. The van der Waals surface area contributed by atoms with Crippen LogP contribution in [0.5, 0.6) is 0 Å². The zero-order valence-electron chi connectivity index (χ0n) is 11.8. The Morgan fingerprint density at radius 2 is 1.90 bits per heavy atom. The quantitative estimate of drug-likeness (QED) is 0.810. The molecule has 2 aromatic rings. The normalized spacial score (nSPS) is 16.8. The van der Waals surface area contributed by atoms with Gasteiger partial charge in [0.1, 0.15) is 0 Å². The fourth-order valence-electron chi connectivity index (χ4n) is 2.88. The Morgan fingerprint density at radius 1 is 1.15 bits per heavy atom. The van der Waals surface area contributed by atoms with Gasteiger partial charge in [0.2, 0.25) is 0 Å². The molecule has 1 aliphatic rings. The average Bonchev–Trinajstić information content (AvgIpc) is 2.47. The van der Waals surface area contributed by atoms with Crippen molar-refractivity contribution >= 4 is 28.2 Å². The summed E-state index contributed by atoms with van der Waals surface area (Å²) in [5, 5.41) is 1.25. The summed E-state index contributed by atoms with van der Waals surface area (Å²) in [5.74, 6) is 0.720. The van der Waals surface area contributed by atoms with Gasteiger partial charge >= 0.3 is 0 Å². The van der Waals surface area contributed by atoms with Crippen LogP contribution in [0.1, 0.15) is 5.69 Å². The van der Waals surface area contributed by atoms with Crippen molar-refractivity contribution in [2.24, 2.45) is 0 Å². The predicted molar refractivity (Wildman–Crippen MR) is 85.9 cm³/mol. The van der Waals surface area contributed by atoms with Crippen molar-refractivity contribution < 1.29 is 0 Å². The van der Waals surface area contributed by atoms with Crippen molar-refractivity contribution in [3.63, 3.8) is 0 Å². The molecule has 0 aliphatic carbocycles. The highest BCUT2D eigenvalue weighted by Gasteiger charge is 2.18. The summed E-state index contributed by atoms with van der Waals surface area (Å²) in [7, 11) is 0. The van der Waals surface area contributed by atoms with Crippen molar-refractivity contribution in [1.29, 1.82) is 0 Å². The second-order valence-corrected chi connectivity index (χ2v) is 5.70. The minimum atomic E-state index is 0.720. The maximum Gasteiger partial charge on any atom is 0.0726 e. The fraction of sp³-hybridized carbons (Fsp3) is 0.438. The van der Waals surface area contributed by atoms with Crippen LogP contribution in [-0.2, 0) is 0 Å². The minimum Gasteiger partial charge on any atom is -0.368 e. The molecule has 20 heavy (non-hydrogen) atoms. The van der Waals surface area contributed by atoms with E-state index in [0.29, 0.717) is 0 Å². The van der Waals surface area contributed by atoms with Crippen LogP contribution in [0.25, 0.3) is 10.9 Å². The average molecular weight is 290 g/mol. The van der Waals surface area contributed by atoms with E-state index in [4.69, 9.17) is 11.6 Å². The van der Waals surface area contributed by atoms with Gasteiger partial charge in [0.25, 0.3) is 0 Å². The Kier molecular flexibility index (Phi) is 4.08. The number of nitrogens with zero attached hydrogens (tertiary/aromatic N) is 3. The molecule has 0 bridgehead atoms. The second kappa shape index (κ2) is 5.98. The molecule has 4 heteroatoms. The van der Waals surface area contributed by atoms with E-state index in [1.807, 2.05) is 0 Å². The third kappa shape index (κ3) is 2.74. The van der Waals surface area contributed by atoms with Crippen LogP contribution in [-0.4, -0.2) is 48.5 Å². The van der Waals surface area contributed by atoms with Crippen LogP contribution < -0.4 is 4.90 Å². The van der Waals surface area contributed by atoms with Crippen LogP contribution in [0.3, 0.4) is 0 Å². The summed E-state index contributed by atoms with van der Waals surface area (Å²) in [6.45, 7) is 7.35. The standard InChI is InChI=1S/C16H20ClN3/c1-13-12-16(14-4-2-3-5-15(14)18-13)20-10-8-19(7-6-17)9-11-20/h2-5,12H,6-11H2,1H3. The van der Waals surface area contributed by atoms with Crippen molar-refractivity contribution in [2.45, 2.75) is 6.92 Å². The number of aryl methyl sites for hydroxylation is 1. The summed E-state index contributed by atoms with van der Waals surface area (Å²) in [4.78, 5) is 9.53. The molecule has 3 nitrogen and oxygen atoms in total. The first-order valence-electron chi connectivity index (χ1n) is 7.17. The molecule has 0 amide bonds.